The molecule has 4 heteroatoms. The van der Waals surface area contributed by atoms with E-state index < -0.39 is 0 Å². The van der Waals surface area contributed by atoms with Crippen LogP contribution in [0.2, 0.25) is 0 Å². The van der Waals surface area contributed by atoms with Gasteiger partial charge in [-0.25, -0.2) is 4.79 Å². The SMILES string of the molecule is Cc1ccc(N2CCC3(CC2)COC(=O)N3)cc1. The van der Waals surface area contributed by atoms with Crippen LogP contribution in [0.15, 0.2) is 24.3 Å². The number of nitrogens with zero attached hydrogens (tertiary/aromatic N) is 1. The molecule has 2 aliphatic rings. The van der Waals surface area contributed by atoms with E-state index in [2.05, 4.69) is 41.4 Å². The van der Waals surface area contributed by atoms with E-state index in [1.165, 1.54) is 11.3 Å². The zero-order valence-corrected chi connectivity index (χ0v) is 10.6. The van der Waals surface area contributed by atoms with E-state index in [-0.39, 0.29) is 11.6 Å². The molecule has 2 saturated heterocycles. The molecule has 1 amide bonds. The van der Waals surface area contributed by atoms with Crippen molar-refractivity contribution in [1.29, 1.82) is 0 Å². The summed E-state index contributed by atoms with van der Waals surface area (Å²) >= 11 is 0. The third kappa shape index (κ3) is 2.03. The highest BCUT2D eigenvalue weighted by Gasteiger charge is 2.41. The maximum Gasteiger partial charge on any atom is 0.407 e. The second-order valence-corrected chi connectivity index (χ2v) is 5.30. The molecule has 0 bridgehead atoms. The van der Waals surface area contributed by atoms with Crippen molar-refractivity contribution in [3.8, 4) is 0 Å². The van der Waals surface area contributed by atoms with Gasteiger partial charge in [0.05, 0.1) is 5.54 Å². The van der Waals surface area contributed by atoms with Crippen LogP contribution >= 0.6 is 0 Å². The zero-order valence-electron chi connectivity index (χ0n) is 10.6. The number of rotatable bonds is 1. The predicted molar refractivity (Wildman–Crippen MR) is 69.8 cm³/mol. The van der Waals surface area contributed by atoms with Crippen LogP contribution in [-0.4, -0.2) is 31.3 Å². The molecular formula is C14H18N2O2. The number of anilines is 1. The van der Waals surface area contributed by atoms with Crippen molar-refractivity contribution in [3.63, 3.8) is 0 Å². The molecule has 96 valence electrons. The van der Waals surface area contributed by atoms with E-state index in [0.29, 0.717) is 6.61 Å². The van der Waals surface area contributed by atoms with E-state index in [4.69, 9.17) is 4.74 Å². The Morgan fingerprint density at radius 3 is 2.44 bits per heavy atom. The fraction of sp³-hybridized carbons (Fsp3) is 0.500. The molecule has 0 radical (unpaired) electrons. The molecule has 2 fully saturated rings. The Hall–Kier alpha value is -1.71. The van der Waals surface area contributed by atoms with Crippen LogP contribution in [-0.2, 0) is 4.74 Å². The molecule has 0 aliphatic carbocycles. The number of aryl methyl sites for hydroxylation is 1. The van der Waals surface area contributed by atoms with Gasteiger partial charge >= 0.3 is 6.09 Å². The first-order valence-corrected chi connectivity index (χ1v) is 6.44. The van der Waals surface area contributed by atoms with Crippen LogP contribution in [0.3, 0.4) is 0 Å². The van der Waals surface area contributed by atoms with Crippen LogP contribution in [0.1, 0.15) is 18.4 Å². The minimum Gasteiger partial charge on any atom is -0.447 e. The second-order valence-electron chi connectivity index (χ2n) is 5.30. The Morgan fingerprint density at radius 1 is 1.22 bits per heavy atom. The number of hydrogen-bond acceptors (Lipinski definition) is 3. The highest BCUT2D eigenvalue weighted by molar-refractivity contribution is 5.70. The lowest BCUT2D eigenvalue weighted by Crippen LogP contribution is -2.52. The quantitative estimate of drug-likeness (QED) is 0.824. The Morgan fingerprint density at radius 2 is 1.89 bits per heavy atom. The van der Waals surface area contributed by atoms with Crippen molar-refractivity contribution in [1.82, 2.24) is 5.32 Å². The fourth-order valence-electron chi connectivity index (χ4n) is 2.71. The van der Waals surface area contributed by atoms with Gasteiger partial charge in [0.25, 0.3) is 0 Å². The number of carbonyl (C=O) groups is 1. The molecule has 0 saturated carbocycles. The Kier molecular flexibility index (Phi) is 2.65. The van der Waals surface area contributed by atoms with Crippen LogP contribution in [0.5, 0.6) is 0 Å². The second kappa shape index (κ2) is 4.19. The van der Waals surface area contributed by atoms with Crippen LogP contribution < -0.4 is 10.2 Å². The zero-order chi connectivity index (χ0) is 12.6. The van der Waals surface area contributed by atoms with E-state index in [0.717, 1.165) is 25.9 Å². The number of alkyl carbamates (subject to hydrolysis) is 1. The molecule has 2 aliphatic heterocycles. The van der Waals surface area contributed by atoms with Crippen molar-refractivity contribution < 1.29 is 9.53 Å². The van der Waals surface area contributed by atoms with E-state index in [1.54, 1.807) is 0 Å². The summed E-state index contributed by atoms with van der Waals surface area (Å²) in [4.78, 5) is 13.5. The van der Waals surface area contributed by atoms with Crippen molar-refractivity contribution in [2.45, 2.75) is 25.3 Å². The normalized spacial score (nSPS) is 21.8. The van der Waals surface area contributed by atoms with Gasteiger partial charge in [0.2, 0.25) is 0 Å². The molecule has 3 rings (SSSR count). The van der Waals surface area contributed by atoms with Gasteiger partial charge in [-0.15, -0.1) is 0 Å². The van der Waals surface area contributed by atoms with E-state index in [9.17, 15) is 4.79 Å². The van der Waals surface area contributed by atoms with Gasteiger partial charge in [-0.3, -0.25) is 0 Å². The Bertz CT molecular complexity index is 447. The van der Waals surface area contributed by atoms with Crippen molar-refractivity contribution in [3.05, 3.63) is 29.8 Å². The first-order chi connectivity index (χ1) is 8.67. The largest absolute Gasteiger partial charge is 0.447 e. The van der Waals surface area contributed by atoms with E-state index in [1.807, 2.05) is 0 Å². The number of hydrogen-bond donors (Lipinski definition) is 1. The van der Waals surface area contributed by atoms with Gasteiger partial charge in [0.15, 0.2) is 0 Å². The monoisotopic (exact) mass is 246 g/mol. The summed E-state index contributed by atoms with van der Waals surface area (Å²) in [6, 6.07) is 8.61. The standard InChI is InChI=1S/C14H18N2O2/c1-11-2-4-12(5-3-11)16-8-6-14(7-9-16)10-18-13(17)15-14/h2-5H,6-10H2,1H3,(H,15,17). The molecule has 0 atom stereocenters. The average molecular weight is 246 g/mol. The lowest BCUT2D eigenvalue weighted by molar-refractivity contribution is 0.168. The Balaban J connectivity index is 1.66. The maximum atomic E-state index is 11.2. The predicted octanol–water partition coefficient (Wildman–Crippen LogP) is 2.07. The summed E-state index contributed by atoms with van der Waals surface area (Å²) in [5.41, 5.74) is 2.43. The van der Waals surface area contributed by atoms with Gasteiger partial charge < -0.3 is 15.0 Å². The van der Waals surface area contributed by atoms with Crippen molar-refractivity contribution >= 4 is 11.8 Å². The summed E-state index contributed by atoms with van der Waals surface area (Å²) in [7, 11) is 0. The number of carbonyl (C=O) groups excluding carboxylic acids is 1. The van der Waals surface area contributed by atoms with Crippen molar-refractivity contribution in [2.75, 3.05) is 24.6 Å². The fourth-order valence-corrected chi connectivity index (χ4v) is 2.71. The van der Waals surface area contributed by atoms with Gasteiger partial charge in [0.1, 0.15) is 6.61 Å². The highest BCUT2D eigenvalue weighted by Crippen LogP contribution is 2.29. The smallest absolute Gasteiger partial charge is 0.407 e. The van der Waals surface area contributed by atoms with Gasteiger partial charge in [-0.1, -0.05) is 17.7 Å². The van der Waals surface area contributed by atoms with Gasteiger partial charge in [-0.2, -0.15) is 0 Å². The maximum absolute atomic E-state index is 11.2. The molecule has 18 heavy (non-hydrogen) atoms. The van der Waals surface area contributed by atoms with Crippen LogP contribution in [0, 0.1) is 6.92 Å². The topological polar surface area (TPSA) is 41.6 Å². The summed E-state index contributed by atoms with van der Waals surface area (Å²) in [5, 5.41) is 2.96. The molecule has 1 spiro atoms. The molecule has 1 N–H and O–H groups in total. The molecule has 2 heterocycles. The summed E-state index contributed by atoms with van der Waals surface area (Å²) in [5.74, 6) is 0. The summed E-state index contributed by atoms with van der Waals surface area (Å²) < 4.78 is 5.03. The Labute approximate surface area is 107 Å². The number of benzene rings is 1. The first kappa shape index (κ1) is 11.4. The van der Waals surface area contributed by atoms with E-state index >= 15 is 0 Å². The molecular weight excluding hydrogens is 228 g/mol. The first-order valence-electron chi connectivity index (χ1n) is 6.44. The number of ether oxygens (including phenoxy) is 1. The molecule has 0 aromatic heterocycles. The molecule has 0 unspecified atom stereocenters. The van der Waals surface area contributed by atoms with Crippen LogP contribution in [0.25, 0.3) is 0 Å². The minimum atomic E-state index is -0.265. The molecule has 1 aromatic carbocycles. The van der Waals surface area contributed by atoms with Gasteiger partial charge in [-0.05, 0) is 31.9 Å². The van der Waals surface area contributed by atoms with Gasteiger partial charge in [0, 0.05) is 18.8 Å². The lowest BCUT2D eigenvalue weighted by Gasteiger charge is -2.38. The van der Waals surface area contributed by atoms with Crippen LogP contribution in [0.4, 0.5) is 10.5 Å². The molecule has 4 nitrogen and oxygen atoms in total. The lowest BCUT2D eigenvalue weighted by atomic mass is 9.89. The number of cyclic esters (lactones) is 1. The average Bonchev–Trinajstić information content (AvgIpc) is 2.73. The third-order valence-electron chi connectivity index (χ3n) is 3.97. The number of amides is 1. The third-order valence-corrected chi connectivity index (χ3v) is 3.97. The summed E-state index contributed by atoms with van der Waals surface area (Å²) in [6.07, 6.45) is 1.64. The minimum absolute atomic E-state index is 0.113. The summed E-state index contributed by atoms with van der Waals surface area (Å²) in [6.45, 7) is 4.55. The molecule has 1 aromatic rings. The number of piperidine rings is 1. The highest BCUT2D eigenvalue weighted by atomic mass is 16.6. The van der Waals surface area contributed by atoms with Crippen molar-refractivity contribution in [2.24, 2.45) is 0 Å². The number of nitrogens with one attached hydrogen (secondary N) is 1.